The van der Waals surface area contributed by atoms with Crippen LogP contribution in [0.15, 0.2) is 22.7 Å². The van der Waals surface area contributed by atoms with E-state index in [1.807, 2.05) is 0 Å². The molecule has 0 N–H and O–H groups in total. The minimum atomic E-state index is -4.64. The highest BCUT2D eigenvalue weighted by Crippen LogP contribution is 2.24. The van der Waals surface area contributed by atoms with Crippen LogP contribution in [0.1, 0.15) is 0 Å². The van der Waals surface area contributed by atoms with Crippen LogP contribution in [0.25, 0.3) is 0 Å². The third-order valence-corrected chi connectivity index (χ3v) is 1.42. The summed E-state index contributed by atoms with van der Waals surface area (Å²) in [7, 11) is 0. The summed E-state index contributed by atoms with van der Waals surface area (Å²) in [6, 6.07) is 6.29. The summed E-state index contributed by atoms with van der Waals surface area (Å²) < 4.78 is 39.0. The van der Waals surface area contributed by atoms with Crippen molar-refractivity contribution in [3.63, 3.8) is 0 Å². The Bertz CT molecular complexity index is 272. The molecule has 0 saturated heterocycles. The summed E-state index contributed by atoms with van der Waals surface area (Å²) >= 11 is 2.99. The van der Waals surface area contributed by atoms with Crippen molar-refractivity contribution in [3.8, 4) is 5.75 Å². The molecule has 0 spiro atoms. The summed E-state index contributed by atoms with van der Waals surface area (Å²) in [5.74, 6) is -0.281. The maximum Gasteiger partial charge on any atom is 0.573 e. The van der Waals surface area contributed by atoms with Gasteiger partial charge in [0.15, 0.2) is 0 Å². The van der Waals surface area contributed by atoms with E-state index in [0.29, 0.717) is 4.47 Å². The highest BCUT2D eigenvalue weighted by atomic mass is 79.9. The van der Waals surface area contributed by atoms with Gasteiger partial charge in [-0.3, -0.25) is 0 Å². The monoisotopic (exact) mass is 239 g/mol. The van der Waals surface area contributed by atoms with E-state index in [0.717, 1.165) is 6.07 Å². The molecule has 1 rings (SSSR count). The number of alkyl halides is 3. The molecule has 0 fully saturated rings. The Labute approximate surface area is 75.3 Å². The molecule has 0 aliphatic carbocycles. The highest BCUT2D eigenvalue weighted by Gasteiger charge is 2.30. The van der Waals surface area contributed by atoms with Crippen molar-refractivity contribution in [1.29, 1.82) is 0 Å². The Morgan fingerprint density at radius 2 is 2.00 bits per heavy atom. The summed E-state index contributed by atoms with van der Waals surface area (Å²) in [4.78, 5) is 0. The van der Waals surface area contributed by atoms with Gasteiger partial charge in [0, 0.05) is 4.47 Å². The lowest BCUT2D eigenvalue weighted by atomic mass is 10.3. The lowest BCUT2D eigenvalue weighted by molar-refractivity contribution is -0.274. The van der Waals surface area contributed by atoms with Crippen molar-refractivity contribution in [1.82, 2.24) is 0 Å². The summed E-state index contributed by atoms with van der Waals surface area (Å²) in [5.41, 5.74) is 0. The van der Waals surface area contributed by atoms with E-state index in [1.54, 1.807) is 0 Å². The average molecular weight is 240 g/mol. The Kier molecular flexibility index (Phi) is 2.62. The van der Waals surface area contributed by atoms with Gasteiger partial charge in [-0.05, 0) is 24.3 Å². The van der Waals surface area contributed by atoms with E-state index in [9.17, 15) is 13.2 Å². The molecule has 65 valence electrons. The number of rotatable bonds is 1. The molecule has 0 bridgehead atoms. The van der Waals surface area contributed by atoms with Gasteiger partial charge < -0.3 is 4.74 Å². The second-order valence-electron chi connectivity index (χ2n) is 1.93. The van der Waals surface area contributed by atoms with Gasteiger partial charge in [-0.1, -0.05) is 15.9 Å². The summed E-state index contributed by atoms with van der Waals surface area (Å²) in [6.07, 6.45) is -4.64. The van der Waals surface area contributed by atoms with Crippen LogP contribution in [-0.4, -0.2) is 6.36 Å². The van der Waals surface area contributed by atoms with Crippen LogP contribution in [0.3, 0.4) is 0 Å². The van der Waals surface area contributed by atoms with Crippen molar-refractivity contribution in [3.05, 3.63) is 28.7 Å². The first-order valence-corrected chi connectivity index (χ1v) is 3.69. The van der Waals surface area contributed by atoms with Crippen molar-refractivity contribution in [2.75, 3.05) is 0 Å². The molecule has 0 aliphatic rings. The van der Waals surface area contributed by atoms with E-state index >= 15 is 0 Å². The van der Waals surface area contributed by atoms with Crippen LogP contribution in [-0.2, 0) is 0 Å². The predicted molar refractivity (Wildman–Crippen MR) is 39.7 cm³/mol. The van der Waals surface area contributed by atoms with E-state index in [1.165, 1.54) is 12.1 Å². The maximum atomic E-state index is 11.6. The van der Waals surface area contributed by atoms with Gasteiger partial charge in [0.25, 0.3) is 0 Å². The van der Waals surface area contributed by atoms with Crippen molar-refractivity contribution >= 4 is 15.9 Å². The van der Waals surface area contributed by atoms with Crippen LogP contribution in [0.2, 0.25) is 0 Å². The number of benzene rings is 1. The quantitative estimate of drug-likeness (QED) is 0.732. The summed E-state index contributed by atoms with van der Waals surface area (Å²) in [5, 5.41) is 0. The second kappa shape index (κ2) is 3.35. The van der Waals surface area contributed by atoms with Crippen molar-refractivity contribution < 1.29 is 17.9 Å². The SMILES string of the molecule is FC(F)(F)Oc1c[c]cc(Br)c1. The minimum absolute atomic E-state index is 0.281. The zero-order valence-corrected chi connectivity index (χ0v) is 7.24. The van der Waals surface area contributed by atoms with E-state index in [4.69, 9.17) is 0 Å². The Morgan fingerprint density at radius 1 is 1.33 bits per heavy atom. The summed E-state index contributed by atoms with van der Waals surface area (Å²) in [6.45, 7) is 0. The zero-order chi connectivity index (χ0) is 9.19. The number of halogens is 4. The van der Waals surface area contributed by atoms with E-state index < -0.39 is 6.36 Å². The molecular formula is C7H3BrF3O. The molecule has 0 heterocycles. The minimum Gasteiger partial charge on any atom is -0.406 e. The molecule has 0 atom stereocenters. The van der Waals surface area contributed by atoms with Gasteiger partial charge in [0.05, 0.1) is 0 Å². The maximum absolute atomic E-state index is 11.6. The molecule has 1 nitrogen and oxygen atoms in total. The first-order chi connectivity index (χ1) is 5.47. The molecule has 0 saturated carbocycles. The van der Waals surface area contributed by atoms with Gasteiger partial charge in [0.2, 0.25) is 0 Å². The molecule has 1 aromatic carbocycles. The number of ether oxygens (including phenoxy) is 1. The first-order valence-electron chi connectivity index (χ1n) is 2.90. The van der Waals surface area contributed by atoms with Crippen LogP contribution >= 0.6 is 15.9 Å². The third-order valence-electron chi connectivity index (χ3n) is 0.961. The molecular weight excluding hydrogens is 237 g/mol. The second-order valence-corrected chi connectivity index (χ2v) is 2.85. The lowest BCUT2D eigenvalue weighted by Crippen LogP contribution is -2.16. The topological polar surface area (TPSA) is 9.23 Å². The fourth-order valence-electron chi connectivity index (χ4n) is 0.615. The first kappa shape index (κ1) is 9.38. The Balaban J connectivity index is 2.77. The predicted octanol–water partition coefficient (Wildman–Crippen LogP) is 3.15. The molecule has 0 unspecified atom stereocenters. The normalized spacial score (nSPS) is 11.3. The van der Waals surface area contributed by atoms with E-state index in [-0.39, 0.29) is 5.75 Å². The van der Waals surface area contributed by atoms with Gasteiger partial charge in [-0.25, -0.2) is 0 Å². The van der Waals surface area contributed by atoms with Gasteiger partial charge in [-0.2, -0.15) is 0 Å². The molecule has 1 radical (unpaired) electrons. The van der Waals surface area contributed by atoms with Crippen molar-refractivity contribution in [2.45, 2.75) is 6.36 Å². The van der Waals surface area contributed by atoms with Gasteiger partial charge in [0.1, 0.15) is 5.75 Å². The van der Waals surface area contributed by atoms with Crippen LogP contribution in [0.5, 0.6) is 5.75 Å². The van der Waals surface area contributed by atoms with Crippen molar-refractivity contribution in [2.24, 2.45) is 0 Å². The largest absolute Gasteiger partial charge is 0.573 e. The van der Waals surface area contributed by atoms with E-state index in [2.05, 4.69) is 26.7 Å². The molecule has 5 heteroatoms. The van der Waals surface area contributed by atoms with Gasteiger partial charge in [-0.15, -0.1) is 13.2 Å². The Morgan fingerprint density at radius 3 is 2.50 bits per heavy atom. The standard InChI is InChI=1S/C7H3BrF3O/c8-5-2-1-3-6(4-5)12-7(9,10)11/h2-4H. The molecule has 0 aliphatic heterocycles. The molecule has 0 amide bonds. The van der Waals surface area contributed by atoms with Crippen LogP contribution < -0.4 is 4.74 Å². The lowest BCUT2D eigenvalue weighted by Gasteiger charge is -2.07. The molecule has 12 heavy (non-hydrogen) atoms. The fraction of sp³-hybridized carbons (Fsp3) is 0.143. The number of hydrogen-bond donors (Lipinski definition) is 0. The fourth-order valence-corrected chi connectivity index (χ4v) is 0.973. The molecule has 0 aromatic heterocycles. The number of hydrogen-bond acceptors (Lipinski definition) is 1. The smallest absolute Gasteiger partial charge is 0.406 e. The van der Waals surface area contributed by atoms with Gasteiger partial charge >= 0.3 is 6.36 Å². The average Bonchev–Trinajstić information content (AvgIpc) is 1.82. The Hall–Kier alpha value is -0.710. The highest BCUT2D eigenvalue weighted by molar-refractivity contribution is 9.10. The van der Waals surface area contributed by atoms with Crippen LogP contribution in [0.4, 0.5) is 13.2 Å². The third kappa shape index (κ3) is 3.13. The zero-order valence-electron chi connectivity index (χ0n) is 5.65. The van der Waals surface area contributed by atoms with Crippen LogP contribution in [0, 0.1) is 6.07 Å². The molecule has 1 aromatic rings.